The van der Waals surface area contributed by atoms with Crippen molar-refractivity contribution in [3.05, 3.63) is 29.8 Å². The fraction of sp³-hybridized carbons (Fsp3) is 0.500. The van der Waals surface area contributed by atoms with Crippen LogP contribution in [0.1, 0.15) is 24.2 Å². The smallest absolute Gasteiger partial charge is 0.254 e. The first-order valence-corrected chi connectivity index (χ1v) is 8.44. The summed E-state index contributed by atoms with van der Waals surface area (Å²) in [5, 5.41) is 3.27. The predicted molar refractivity (Wildman–Crippen MR) is 77.5 cm³/mol. The number of nitrogens with zero attached hydrogens (tertiary/aromatic N) is 1. The molecule has 1 saturated heterocycles. The number of carbonyl (C=O) groups is 1. The predicted octanol–water partition coefficient (Wildman–Crippen LogP) is 0.914. The molecule has 1 fully saturated rings. The zero-order valence-electron chi connectivity index (χ0n) is 12.0. The molecule has 0 aliphatic carbocycles. The van der Waals surface area contributed by atoms with Gasteiger partial charge in [-0.15, -0.1) is 0 Å². The number of rotatable bonds is 2. The first-order valence-electron chi connectivity index (χ1n) is 6.55. The molecule has 1 amide bonds. The monoisotopic (exact) mass is 296 g/mol. The highest BCUT2D eigenvalue weighted by molar-refractivity contribution is 7.90. The highest BCUT2D eigenvalue weighted by Crippen LogP contribution is 2.20. The van der Waals surface area contributed by atoms with E-state index in [0.29, 0.717) is 12.1 Å². The van der Waals surface area contributed by atoms with Crippen molar-refractivity contribution in [3.8, 4) is 0 Å². The van der Waals surface area contributed by atoms with Crippen LogP contribution < -0.4 is 5.32 Å². The van der Waals surface area contributed by atoms with Gasteiger partial charge in [0.1, 0.15) is 0 Å². The zero-order chi connectivity index (χ0) is 15.0. The molecule has 6 heteroatoms. The van der Waals surface area contributed by atoms with Crippen LogP contribution in [0.15, 0.2) is 29.2 Å². The molecule has 0 unspecified atom stereocenters. The molecule has 5 nitrogen and oxygen atoms in total. The van der Waals surface area contributed by atoms with Crippen LogP contribution in [0.2, 0.25) is 0 Å². The van der Waals surface area contributed by atoms with E-state index in [1.165, 1.54) is 12.1 Å². The maximum atomic E-state index is 12.5. The molecule has 0 radical (unpaired) electrons. The second-order valence-electron chi connectivity index (χ2n) is 5.74. The minimum absolute atomic E-state index is 0.0587. The molecule has 1 aliphatic rings. The summed E-state index contributed by atoms with van der Waals surface area (Å²) in [5.74, 6) is -0.0587. The van der Waals surface area contributed by atoms with Gasteiger partial charge in [0.05, 0.1) is 10.4 Å². The van der Waals surface area contributed by atoms with Gasteiger partial charge in [-0.25, -0.2) is 8.42 Å². The van der Waals surface area contributed by atoms with E-state index < -0.39 is 9.84 Å². The normalized spacial score (nSPS) is 18.9. The summed E-state index contributed by atoms with van der Waals surface area (Å²) in [6.07, 6.45) is 1.16. The second-order valence-corrected chi connectivity index (χ2v) is 7.76. The van der Waals surface area contributed by atoms with Crippen molar-refractivity contribution in [2.75, 3.05) is 25.9 Å². The first kappa shape index (κ1) is 15.0. The van der Waals surface area contributed by atoms with Crippen LogP contribution >= 0.6 is 0 Å². The van der Waals surface area contributed by atoms with Gasteiger partial charge in [-0.05, 0) is 38.1 Å². The van der Waals surface area contributed by atoms with Crippen molar-refractivity contribution in [3.63, 3.8) is 0 Å². The Bertz CT molecular complexity index is 606. The average molecular weight is 296 g/mol. The van der Waals surface area contributed by atoms with Crippen molar-refractivity contribution in [2.24, 2.45) is 0 Å². The van der Waals surface area contributed by atoms with Crippen LogP contribution in [0.25, 0.3) is 0 Å². The fourth-order valence-electron chi connectivity index (χ4n) is 2.36. The number of hydrogen-bond donors (Lipinski definition) is 1. The third-order valence-corrected chi connectivity index (χ3v) is 4.70. The fourth-order valence-corrected chi connectivity index (χ4v) is 2.99. The molecule has 1 heterocycles. The Morgan fingerprint density at radius 1 is 1.25 bits per heavy atom. The molecule has 0 saturated carbocycles. The van der Waals surface area contributed by atoms with E-state index in [-0.39, 0.29) is 16.3 Å². The molecule has 0 bridgehead atoms. The highest BCUT2D eigenvalue weighted by atomic mass is 32.2. The van der Waals surface area contributed by atoms with Crippen LogP contribution in [0.5, 0.6) is 0 Å². The van der Waals surface area contributed by atoms with Gasteiger partial charge in [0.15, 0.2) is 9.84 Å². The first-order chi connectivity index (χ1) is 9.22. The molecule has 1 aliphatic heterocycles. The number of nitrogens with one attached hydrogen (secondary N) is 1. The quantitative estimate of drug-likeness (QED) is 0.881. The minimum atomic E-state index is -3.23. The Kier molecular flexibility index (Phi) is 3.88. The summed E-state index contributed by atoms with van der Waals surface area (Å²) < 4.78 is 22.8. The number of carbonyl (C=O) groups excluding carboxylic acids is 1. The number of benzene rings is 1. The van der Waals surface area contributed by atoms with Crippen LogP contribution in [-0.2, 0) is 9.84 Å². The largest absolute Gasteiger partial charge is 0.331 e. The Hall–Kier alpha value is -1.40. The van der Waals surface area contributed by atoms with Gasteiger partial charge in [-0.1, -0.05) is 0 Å². The van der Waals surface area contributed by atoms with Crippen molar-refractivity contribution in [2.45, 2.75) is 24.3 Å². The minimum Gasteiger partial charge on any atom is -0.331 e. The lowest BCUT2D eigenvalue weighted by molar-refractivity contribution is 0.0477. The Morgan fingerprint density at radius 2 is 1.85 bits per heavy atom. The van der Waals surface area contributed by atoms with E-state index in [4.69, 9.17) is 0 Å². The van der Waals surface area contributed by atoms with Gasteiger partial charge in [0.25, 0.3) is 5.91 Å². The van der Waals surface area contributed by atoms with Gasteiger partial charge in [-0.3, -0.25) is 4.79 Å². The van der Waals surface area contributed by atoms with Crippen molar-refractivity contribution in [1.82, 2.24) is 10.2 Å². The van der Waals surface area contributed by atoms with Gasteiger partial charge < -0.3 is 10.2 Å². The number of hydrogen-bond acceptors (Lipinski definition) is 4. The second kappa shape index (κ2) is 5.18. The van der Waals surface area contributed by atoms with Crippen LogP contribution in [-0.4, -0.2) is 50.7 Å². The van der Waals surface area contributed by atoms with Gasteiger partial charge >= 0.3 is 0 Å². The lowest BCUT2D eigenvalue weighted by atomic mass is 9.99. The van der Waals surface area contributed by atoms with E-state index in [2.05, 4.69) is 5.32 Å². The van der Waals surface area contributed by atoms with Gasteiger partial charge in [0, 0.05) is 31.5 Å². The summed E-state index contributed by atoms with van der Waals surface area (Å²) in [6.45, 7) is 6.21. The Balaban J connectivity index is 2.25. The molecule has 0 spiro atoms. The molecular weight excluding hydrogens is 276 g/mol. The molecular formula is C14H20N2O3S. The van der Waals surface area contributed by atoms with Crippen LogP contribution in [0.3, 0.4) is 0 Å². The maximum Gasteiger partial charge on any atom is 0.254 e. The van der Waals surface area contributed by atoms with Crippen LogP contribution in [0.4, 0.5) is 0 Å². The summed E-state index contributed by atoms with van der Waals surface area (Å²) in [6, 6.07) is 6.13. The molecule has 0 aromatic heterocycles. The summed E-state index contributed by atoms with van der Waals surface area (Å²) in [4.78, 5) is 14.6. The number of amides is 1. The molecule has 0 atom stereocenters. The third-order valence-electron chi connectivity index (χ3n) is 3.58. The summed E-state index contributed by atoms with van der Waals surface area (Å²) in [5.41, 5.74) is 0.276. The van der Waals surface area contributed by atoms with E-state index in [1.807, 2.05) is 18.7 Å². The zero-order valence-corrected chi connectivity index (χ0v) is 12.8. The molecule has 20 heavy (non-hydrogen) atoms. The summed E-state index contributed by atoms with van der Waals surface area (Å²) in [7, 11) is -3.23. The van der Waals surface area contributed by atoms with E-state index in [9.17, 15) is 13.2 Å². The third kappa shape index (κ3) is 3.02. The lowest BCUT2D eigenvalue weighted by Crippen LogP contribution is -2.59. The lowest BCUT2D eigenvalue weighted by Gasteiger charge is -2.42. The van der Waals surface area contributed by atoms with E-state index >= 15 is 0 Å². The maximum absolute atomic E-state index is 12.5. The molecule has 110 valence electrons. The Labute approximate surface area is 119 Å². The molecule has 2 rings (SSSR count). The average Bonchev–Trinajstić information content (AvgIpc) is 2.36. The molecule has 1 aromatic rings. The number of piperazine rings is 1. The van der Waals surface area contributed by atoms with Crippen molar-refractivity contribution < 1.29 is 13.2 Å². The molecule has 1 aromatic carbocycles. The standard InChI is InChI=1S/C14H20N2O3S/c1-14(2)10-15-8-9-16(14)13(17)11-4-6-12(7-5-11)20(3,18)19/h4-7,15H,8-10H2,1-3H3. The van der Waals surface area contributed by atoms with Gasteiger partial charge in [-0.2, -0.15) is 0 Å². The number of sulfone groups is 1. The van der Waals surface area contributed by atoms with Gasteiger partial charge in [0.2, 0.25) is 0 Å². The van der Waals surface area contributed by atoms with Crippen LogP contribution in [0, 0.1) is 0 Å². The SMILES string of the molecule is CC1(C)CNCCN1C(=O)c1ccc(S(C)(=O)=O)cc1. The van der Waals surface area contributed by atoms with E-state index in [1.54, 1.807) is 12.1 Å². The Morgan fingerprint density at radius 3 is 2.35 bits per heavy atom. The topological polar surface area (TPSA) is 66.5 Å². The summed E-state index contributed by atoms with van der Waals surface area (Å²) >= 11 is 0. The van der Waals surface area contributed by atoms with Crippen molar-refractivity contribution >= 4 is 15.7 Å². The molecule has 1 N–H and O–H groups in total. The van der Waals surface area contributed by atoms with E-state index in [0.717, 1.165) is 19.3 Å². The highest BCUT2D eigenvalue weighted by Gasteiger charge is 2.33. The van der Waals surface area contributed by atoms with Crippen molar-refractivity contribution in [1.29, 1.82) is 0 Å².